The van der Waals surface area contributed by atoms with Gasteiger partial charge in [0.1, 0.15) is 0 Å². The van der Waals surface area contributed by atoms with E-state index in [9.17, 15) is 9.59 Å². The quantitative estimate of drug-likeness (QED) is 0.713. The third kappa shape index (κ3) is 5.07. The zero-order valence-corrected chi connectivity index (χ0v) is 16.2. The average Bonchev–Trinajstić information content (AvgIpc) is 2.73. The molecule has 2 amide bonds. The van der Waals surface area contributed by atoms with Crippen molar-refractivity contribution in [2.75, 3.05) is 14.1 Å². The highest BCUT2D eigenvalue weighted by Crippen LogP contribution is 2.19. The molecule has 4 heteroatoms. The van der Waals surface area contributed by atoms with Crippen molar-refractivity contribution >= 4 is 11.8 Å². The third-order valence-electron chi connectivity index (χ3n) is 4.52. The van der Waals surface area contributed by atoms with E-state index in [0.717, 1.165) is 22.3 Å². The van der Waals surface area contributed by atoms with Gasteiger partial charge in [0.05, 0.1) is 6.42 Å². The molecule has 4 nitrogen and oxygen atoms in total. The van der Waals surface area contributed by atoms with Gasteiger partial charge in [-0.25, -0.2) is 0 Å². The van der Waals surface area contributed by atoms with Crippen molar-refractivity contribution in [2.45, 2.75) is 13.0 Å². The summed E-state index contributed by atoms with van der Waals surface area (Å²) in [5.41, 5.74) is 4.87. The van der Waals surface area contributed by atoms with Gasteiger partial charge in [-0.3, -0.25) is 9.59 Å². The Kier molecular flexibility index (Phi) is 6.22. The fraction of sp³-hybridized carbons (Fsp3) is 0.167. The summed E-state index contributed by atoms with van der Waals surface area (Å²) in [5, 5.41) is 2.93. The molecule has 142 valence electrons. The van der Waals surface area contributed by atoms with Crippen LogP contribution < -0.4 is 5.32 Å². The van der Waals surface area contributed by atoms with Crippen LogP contribution in [0.5, 0.6) is 0 Å². The molecule has 0 aliphatic carbocycles. The molecular formula is C24H24N2O2. The smallest absolute Gasteiger partial charge is 0.253 e. The maximum Gasteiger partial charge on any atom is 0.253 e. The Labute approximate surface area is 165 Å². The molecular weight excluding hydrogens is 348 g/mol. The number of nitrogens with one attached hydrogen (secondary N) is 1. The first-order chi connectivity index (χ1) is 13.5. The molecule has 0 aromatic heterocycles. The van der Waals surface area contributed by atoms with Crippen LogP contribution in [0.15, 0.2) is 78.9 Å². The highest BCUT2D eigenvalue weighted by Gasteiger charge is 2.08. The predicted octanol–water partition coefficient (Wildman–Crippen LogP) is 3.91. The first-order valence-electron chi connectivity index (χ1n) is 9.24. The van der Waals surface area contributed by atoms with E-state index in [1.165, 1.54) is 0 Å². The van der Waals surface area contributed by atoms with Crippen LogP contribution in [0.3, 0.4) is 0 Å². The Morgan fingerprint density at radius 1 is 0.750 bits per heavy atom. The van der Waals surface area contributed by atoms with Gasteiger partial charge in [0, 0.05) is 26.2 Å². The van der Waals surface area contributed by atoms with Crippen molar-refractivity contribution in [1.82, 2.24) is 10.2 Å². The fourth-order valence-corrected chi connectivity index (χ4v) is 2.92. The lowest BCUT2D eigenvalue weighted by atomic mass is 10.0. The lowest BCUT2D eigenvalue weighted by Crippen LogP contribution is -2.24. The molecule has 0 atom stereocenters. The summed E-state index contributed by atoms with van der Waals surface area (Å²) < 4.78 is 0. The van der Waals surface area contributed by atoms with E-state index in [0.29, 0.717) is 18.5 Å². The topological polar surface area (TPSA) is 49.4 Å². The fourth-order valence-electron chi connectivity index (χ4n) is 2.92. The van der Waals surface area contributed by atoms with E-state index >= 15 is 0 Å². The van der Waals surface area contributed by atoms with Crippen LogP contribution in [0.2, 0.25) is 0 Å². The van der Waals surface area contributed by atoms with Crippen LogP contribution in [-0.2, 0) is 17.8 Å². The number of nitrogens with zero attached hydrogens (tertiary/aromatic N) is 1. The Morgan fingerprint density at radius 2 is 1.32 bits per heavy atom. The first kappa shape index (κ1) is 19.4. The molecule has 28 heavy (non-hydrogen) atoms. The lowest BCUT2D eigenvalue weighted by Gasteiger charge is -2.11. The Bertz CT molecular complexity index is 931. The highest BCUT2D eigenvalue weighted by molar-refractivity contribution is 5.93. The lowest BCUT2D eigenvalue weighted by molar-refractivity contribution is -0.120. The third-order valence-corrected chi connectivity index (χ3v) is 4.52. The highest BCUT2D eigenvalue weighted by atomic mass is 16.2. The van der Waals surface area contributed by atoms with Crippen LogP contribution >= 0.6 is 0 Å². The molecule has 0 aliphatic heterocycles. The minimum absolute atomic E-state index is 0.0269. The molecule has 0 saturated heterocycles. The second-order valence-electron chi connectivity index (χ2n) is 6.91. The maximum atomic E-state index is 12.2. The number of rotatable bonds is 6. The number of hydrogen-bond donors (Lipinski definition) is 1. The molecule has 3 aromatic carbocycles. The largest absolute Gasteiger partial charge is 0.352 e. The van der Waals surface area contributed by atoms with Gasteiger partial charge in [0.2, 0.25) is 5.91 Å². The summed E-state index contributed by atoms with van der Waals surface area (Å²) in [7, 11) is 3.45. The monoisotopic (exact) mass is 372 g/mol. The van der Waals surface area contributed by atoms with E-state index in [2.05, 4.69) is 17.4 Å². The Balaban J connectivity index is 1.52. The molecule has 0 fully saturated rings. The number of carbonyl (C=O) groups is 2. The Hall–Kier alpha value is -3.40. The van der Waals surface area contributed by atoms with Gasteiger partial charge >= 0.3 is 0 Å². The van der Waals surface area contributed by atoms with Gasteiger partial charge in [-0.1, -0.05) is 66.7 Å². The summed E-state index contributed by atoms with van der Waals surface area (Å²) in [4.78, 5) is 25.7. The maximum absolute atomic E-state index is 12.2. The average molecular weight is 372 g/mol. The van der Waals surface area contributed by atoms with Gasteiger partial charge in [0.15, 0.2) is 0 Å². The van der Waals surface area contributed by atoms with Gasteiger partial charge in [-0.05, 0) is 34.4 Å². The predicted molar refractivity (Wildman–Crippen MR) is 112 cm³/mol. The van der Waals surface area contributed by atoms with Gasteiger partial charge < -0.3 is 10.2 Å². The molecule has 3 aromatic rings. The number of carbonyl (C=O) groups excluding carboxylic acids is 2. The van der Waals surface area contributed by atoms with Crippen molar-refractivity contribution in [3.05, 3.63) is 95.6 Å². The van der Waals surface area contributed by atoms with Crippen molar-refractivity contribution in [1.29, 1.82) is 0 Å². The van der Waals surface area contributed by atoms with E-state index in [-0.39, 0.29) is 11.8 Å². The molecule has 0 saturated carbocycles. The molecule has 1 N–H and O–H groups in total. The standard InChI is InChI=1S/C24H24N2O2/c1-26(2)24(28)22-14-10-19(11-15-22)17-25-23(27)16-18-8-12-21(13-9-18)20-6-4-3-5-7-20/h3-15H,16-17H2,1-2H3,(H,25,27). The Morgan fingerprint density at radius 3 is 1.93 bits per heavy atom. The van der Waals surface area contributed by atoms with E-state index in [4.69, 9.17) is 0 Å². The number of hydrogen-bond acceptors (Lipinski definition) is 2. The molecule has 0 aliphatic rings. The van der Waals surface area contributed by atoms with E-state index < -0.39 is 0 Å². The molecule has 0 radical (unpaired) electrons. The van der Waals surface area contributed by atoms with Crippen molar-refractivity contribution in [3.63, 3.8) is 0 Å². The van der Waals surface area contributed by atoms with Crippen LogP contribution in [-0.4, -0.2) is 30.8 Å². The first-order valence-corrected chi connectivity index (χ1v) is 9.24. The van der Waals surface area contributed by atoms with E-state index in [1.54, 1.807) is 31.1 Å². The van der Waals surface area contributed by atoms with Gasteiger partial charge in [0.25, 0.3) is 5.91 Å². The van der Waals surface area contributed by atoms with Gasteiger partial charge in [-0.15, -0.1) is 0 Å². The molecule has 0 bridgehead atoms. The second kappa shape index (κ2) is 9.00. The van der Waals surface area contributed by atoms with Crippen molar-refractivity contribution in [3.8, 4) is 11.1 Å². The minimum Gasteiger partial charge on any atom is -0.352 e. The summed E-state index contributed by atoms with van der Waals surface area (Å²) in [6, 6.07) is 25.5. The molecule has 0 spiro atoms. The minimum atomic E-state index is -0.0328. The van der Waals surface area contributed by atoms with Crippen LogP contribution in [0.1, 0.15) is 21.5 Å². The summed E-state index contributed by atoms with van der Waals surface area (Å²) >= 11 is 0. The van der Waals surface area contributed by atoms with Gasteiger partial charge in [-0.2, -0.15) is 0 Å². The van der Waals surface area contributed by atoms with Crippen LogP contribution in [0.4, 0.5) is 0 Å². The molecule has 0 heterocycles. The zero-order valence-electron chi connectivity index (χ0n) is 16.2. The number of amides is 2. The van der Waals surface area contributed by atoms with Crippen molar-refractivity contribution < 1.29 is 9.59 Å². The number of benzene rings is 3. The van der Waals surface area contributed by atoms with E-state index in [1.807, 2.05) is 54.6 Å². The summed E-state index contributed by atoms with van der Waals surface area (Å²) in [5.74, 6) is -0.0598. The molecule has 0 unspecified atom stereocenters. The molecule has 3 rings (SSSR count). The van der Waals surface area contributed by atoms with Crippen LogP contribution in [0.25, 0.3) is 11.1 Å². The summed E-state index contributed by atoms with van der Waals surface area (Å²) in [6.07, 6.45) is 0.340. The zero-order chi connectivity index (χ0) is 19.9. The van der Waals surface area contributed by atoms with Crippen molar-refractivity contribution in [2.24, 2.45) is 0 Å². The normalized spacial score (nSPS) is 10.4. The van der Waals surface area contributed by atoms with Crippen LogP contribution in [0, 0.1) is 0 Å². The second-order valence-corrected chi connectivity index (χ2v) is 6.91. The summed E-state index contributed by atoms with van der Waals surface area (Å²) in [6.45, 7) is 0.442. The SMILES string of the molecule is CN(C)C(=O)c1ccc(CNC(=O)Cc2ccc(-c3ccccc3)cc2)cc1.